The van der Waals surface area contributed by atoms with Crippen LogP contribution in [0.5, 0.6) is 0 Å². The Balaban J connectivity index is 1.65. The van der Waals surface area contributed by atoms with Gasteiger partial charge in [0.25, 0.3) is 11.5 Å². The molecule has 0 saturated carbocycles. The maximum absolute atomic E-state index is 14.1. The van der Waals surface area contributed by atoms with Crippen molar-refractivity contribution >= 4 is 28.3 Å². The van der Waals surface area contributed by atoms with E-state index in [1.54, 1.807) is 22.5 Å². The molecule has 0 spiro atoms. The number of aromatic nitrogens is 5. The third-order valence-electron chi connectivity index (χ3n) is 6.71. The summed E-state index contributed by atoms with van der Waals surface area (Å²) in [6.07, 6.45) is 1.71. The number of aromatic amines is 1. The summed E-state index contributed by atoms with van der Waals surface area (Å²) in [7, 11) is 3.52. The van der Waals surface area contributed by atoms with Gasteiger partial charge in [-0.05, 0) is 43.5 Å². The van der Waals surface area contributed by atoms with E-state index in [-0.39, 0.29) is 16.9 Å². The number of nitrogens with one attached hydrogen (secondary N) is 3. The molecule has 5 rings (SSSR count). The van der Waals surface area contributed by atoms with Crippen LogP contribution in [0.15, 0.2) is 65.6 Å². The van der Waals surface area contributed by atoms with Crippen molar-refractivity contribution in [2.75, 3.05) is 18.1 Å². The number of hydrogen-bond acceptors (Lipinski definition) is 6. The Morgan fingerprint density at radius 2 is 1.85 bits per heavy atom. The molecule has 0 saturated heterocycles. The van der Waals surface area contributed by atoms with E-state index in [0.717, 1.165) is 16.6 Å². The van der Waals surface area contributed by atoms with E-state index in [1.165, 1.54) is 0 Å². The lowest BCUT2D eigenvalue weighted by molar-refractivity contribution is 0.0940. The number of para-hydroxylation sites is 1. The molecular weight excluding hydrogens is 492 g/mol. The number of nitrogens with two attached hydrogens (primary N) is 1. The van der Waals surface area contributed by atoms with Gasteiger partial charge < -0.3 is 16.4 Å². The third kappa shape index (κ3) is 4.62. The van der Waals surface area contributed by atoms with Gasteiger partial charge in [-0.15, -0.1) is 0 Å². The molecule has 1 unspecified atom stereocenters. The van der Waals surface area contributed by atoms with Gasteiger partial charge in [0.1, 0.15) is 11.4 Å². The second kappa shape index (κ2) is 10.2. The van der Waals surface area contributed by atoms with Crippen LogP contribution >= 0.6 is 0 Å². The van der Waals surface area contributed by atoms with Crippen molar-refractivity contribution in [3.63, 3.8) is 0 Å². The highest BCUT2D eigenvalue weighted by Gasteiger charge is 2.23. The summed E-state index contributed by atoms with van der Waals surface area (Å²) in [4.78, 5) is 27.3. The quantitative estimate of drug-likeness (QED) is 0.263. The molecule has 1 amide bonds. The second-order valence-electron chi connectivity index (χ2n) is 9.14. The van der Waals surface area contributed by atoms with Crippen molar-refractivity contribution in [3.8, 4) is 17.5 Å². The molecule has 10 nitrogen and oxygen atoms in total. The molecule has 0 aliphatic rings. The highest BCUT2D eigenvalue weighted by molar-refractivity contribution is 6.03. The molecule has 3 heterocycles. The SMILES string of the molecule is CNc1n[nH]c(N)c1C(=O)NC(C)c1cc2cccc(C#Cc3cnn(C)c3C)c2c(=O)n1-c1ccccc1. The normalized spacial score (nSPS) is 11.6. The molecule has 0 aliphatic carbocycles. The van der Waals surface area contributed by atoms with Crippen LogP contribution in [-0.4, -0.2) is 37.5 Å². The topological polar surface area (TPSA) is 136 Å². The van der Waals surface area contributed by atoms with Gasteiger partial charge in [0.15, 0.2) is 5.82 Å². The molecule has 0 aliphatic heterocycles. The van der Waals surface area contributed by atoms with Gasteiger partial charge in [0.05, 0.1) is 28.9 Å². The number of aryl methyl sites for hydroxylation is 1. The Labute approximate surface area is 224 Å². The van der Waals surface area contributed by atoms with E-state index in [2.05, 4.69) is 37.8 Å². The number of nitrogens with zero attached hydrogens (tertiary/aromatic N) is 4. The average molecular weight is 521 g/mol. The number of fused-ring (bicyclic) bond motifs is 1. The van der Waals surface area contributed by atoms with Crippen molar-refractivity contribution in [1.29, 1.82) is 0 Å². The smallest absolute Gasteiger partial charge is 0.264 e. The summed E-state index contributed by atoms with van der Waals surface area (Å²) in [6.45, 7) is 3.77. The lowest BCUT2D eigenvalue weighted by Gasteiger charge is -2.21. The fourth-order valence-corrected chi connectivity index (χ4v) is 4.51. The first-order valence-corrected chi connectivity index (χ1v) is 12.4. The van der Waals surface area contributed by atoms with Crippen LogP contribution in [0.25, 0.3) is 16.5 Å². The fraction of sp³-hybridized carbons (Fsp3) is 0.172. The molecule has 39 heavy (non-hydrogen) atoms. The number of anilines is 2. The molecule has 196 valence electrons. The van der Waals surface area contributed by atoms with Crippen molar-refractivity contribution < 1.29 is 4.79 Å². The zero-order valence-corrected chi connectivity index (χ0v) is 22.0. The number of rotatable bonds is 5. The van der Waals surface area contributed by atoms with Crippen LogP contribution in [-0.2, 0) is 7.05 Å². The molecular formula is C29H28N8O2. The fourth-order valence-electron chi connectivity index (χ4n) is 4.51. The van der Waals surface area contributed by atoms with E-state index in [0.29, 0.717) is 28.1 Å². The highest BCUT2D eigenvalue weighted by Crippen LogP contribution is 2.25. The van der Waals surface area contributed by atoms with E-state index < -0.39 is 11.9 Å². The van der Waals surface area contributed by atoms with Crippen LogP contribution in [0.2, 0.25) is 0 Å². The minimum atomic E-state index is -0.554. The number of benzene rings is 2. The Kier molecular flexibility index (Phi) is 6.64. The highest BCUT2D eigenvalue weighted by atomic mass is 16.2. The van der Waals surface area contributed by atoms with E-state index in [9.17, 15) is 9.59 Å². The molecule has 10 heteroatoms. The average Bonchev–Trinajstić information content (AvgIpc) is 3.48. The first-order valence-electron chi connectivity index (χ1n) is 12.4. The number of carbonyl (C=O) groups excluding carboxylic acids is 1. The van der Waals surface area contributed by atoms with Gasteiger partial charge in [0, 0.05) is 31.0 Å². The molecule has 0 fully saturated rings. The van der Waals surface area contributed by atoms with Crippen LogP contribution < -0.4 is 21.9 Å². The summed E-state index contributed by atoms with van der Waals surface area (Å²) in [6, 6.07) is 16.2. The van der Waals surface area contributed by atoms with Crippen LogP contribution in [0, 0.1) is 18.8 Å². The molecule has 0 radical (unpaired) electrons. The maximum Gasteiger partial charge on any atom is 0.264 e. The molecule has 2 aromatic carbocycles. The predicted molar refractivity (Wildman–Crippen MR) is 152 cm³/mol. The summed E-state index contributed by atoms with van der Waals surface area (Å²) < 4.78 is 3.37. The van der Waals surface area contributed by atoms with Crippen molar-refractivity contribution in [1.82, 2.24) is 29.9 Å². The third-order valence-corrected chi connectivity index (χ3v) is 6.71. The Bertz CT molecular complexity index is 1820. The second-order valence-corrected chi connectivity index (χ2v) is 9.14. The summed E-state index contributed by atoms with van der Waals surface area (Å²) in [5.74, 6) is 6.40. The molecule has 0 bridgehead atoms. The van der Waals surface area contributed by atoms with E-state index in [1.807, 2.05) is 75.5 Å². The Morgan fingerprint density at radius 3 is 2.54 bits per heavy atom. The van der Waals surface area contributed by atoms with E-state index in [4.69, 9.17) is 5.73 Å². The number of nitrogen functional groups attached to an aromatic ring is 1. The van der Waals surface area contributed by atoms with Crippen LogP contribution in [0.3, 0.4) is 0 Å². The predicted octanol–water partition coefficient (Wildman–Crippen LogP) is 3.27. The first kappa shape index (κ1) is 25.4. The maximum atomic E-state index is 14.1. The minimum Gasteiger partial charge on any atom is -0.383 e. The monoisotopic (exact) mass is 520 g/mol. The number of pyridine rings is 1. The largest absolute Gasteiger partial charge is 0.383 e. The summed E-state index contributed by atoms with van der Waals surface area (Å²) >= 11 is 0. The lowest BCUT2D eigenvalue weighted by Crippen LogP contribution is -2.32. The molecule has 5 N–H and O–H groups in total. The van der Waals surface area contributed by atoms with Crippen LogP contribution in [0.4, 0.5) is 11.6 Å². The Morgan fingerprint density at radius 1 is 1.10 bits per heavy atom. The number of amides is 1. The van der Waals surface area contributed by atoms with Gasteiger partial charge in [-0.25, -0.2) is 0 Å². The van der Waals surface area contributed by atoms with E-state index >= 15 is 0 Å². The van der Waals surface area contributed by atoms with Crippen molar-refractivity contribution in [2.24, 2.45) is 7.05 Å². The minimum absolute atomic E-state index is 0.148. The standard InChI is InChI=1S/C29H28N8O2/c1-17(33-28(38)25-26(30)34-35-27(25)31-3)23-15-20-10-8-9-19(13-14-21-16-32-36(4)18(21)2)24(20)29(39)37(23)22-11-6-5-7-12-22/h5-12,15-17H,1-4H3,(H,33,38)(H4,30,31,34,35). The van der Waals surface area contributed by atoms with Gasteiger partial charge >= 0.3 is 0 Å². The molecule has 5 aromatic rings. The van der Waals surface area contributed by atoms with Crippen LogP contribution in [0.1, 0.15) is 45.8 Å². The van der Waals surface area contributed by atoms with Gasteiger partial charge in [0.2, 0.25) is 0 Å². The van der Waals surface area contributed by atoms with Gasteiger partial charge in [-0.3, -0.25) is 23.9 Å². The number of H-pyrrole nitrogens is 1. The molecule has 3 aromatic heterocycles. The molecule has 1 atom stereocenters. The van der Waals surface area contributed by atoms with Crippen molar-refractivity contribution in [3.05, 3.63) is 99.2 Å². The van der Waals surface area contributed by atoms with Crippen molar-refractivity contribution in [2.45, 2.75) is 19.9 Å². The first-order chi connectivity index (χ1) is 18.8. The Hall–Kier alpha value is -5.30. The summed E-state index contributed by atoms with van der Waals surface area (Å²) in [5.41, 5.74) is 9.56. The number of hydrogen-bond donors (Lipinski definition) is 4. The zero-order chi connectivity index (χ0) is 27.7. The number of carbonyl (C=O) groups is 1. The lowest BCUT2D eigenvalue weighted by atomic mass is 10.0. The zero-order valence-electron chi connectivity index (χ0n) is 22.0. The van der Waals surface area contributed by atoms with Gasteiger partial charge in [-0.2, -0.15) is 10.2 Å². The summed E-state index contributed by atoms with van der Waals surface area (Å²) in [5, 5.41) is 17.9. The van der Waals surface area contributed by atoms with Gasteiger partial charge in [-0.1, -0.05) is 42.2 Å².